The van der Waals surface area contributed by atoms with Crippen LogP contribution >= 0.6 is 11.3 Å². The molecule has 0 atom stereocenters. The number of carbonyl (C=O) groups is 1. The van der Waals surface area contributed by atoms with Crippen LogP contribution in [-0.2, 0) is 4.74 Å². The molecule has 0 N–H and O–H groups in total. The third-order valence-corrected chi connectivity index (χ3v) is 3.17. The van der Waals surface area contributed by atoms with Crippen molar-refractivity contribution in [3.63, 3.8) is 0 Å². The second-order valence-electron chi connectivity index (χ2n) is 3.21. The number of rotatable bonds is 2. The first kappa shape index (κ1) is 10.8. The van der Waals surface area contributed by atoms with Crippen molar-refractivity contribution < 1.29 is 9.53 Å². The fourth-order valence-electron chi connectivity index (χ4n) is 1.28. The lowest BCUT2D eigenvalue weighted by Gasteiger charge is -1.99. The van der Waals surface area contributed by atoms with Gasteiger partial charge in [0.2, 0.25) is 0 Å². The van der Waals surface area contributed by atoms with Crippen LogP contribution in [0.1, 0.15) is 15.2 Å². The van der Waals surface area contributed by atoms with Crippen molar-refractivity contribution in [3.05, 3.63) is 35.1 Å². The number of thiazole rings is 1. The van der Waals surface area contributed by atoms with Crippen molar-refractivity contribution in [2.75, 3.05) is 7.11 Å². The molecule has 82 valence electrons. The Morgan fingerprint density at radius 2 is 2.25 bits per heavy atom. The van der Waals surface area contributed by atoms with E-state index in [9.17, 15) is 4.79 Å². The minimum atomic E-state index is -0.356. The highest BCUT2D eigenvalue weighted by atomic mass is 32.1. The molecule has 2 rings (SSSR count). The molecule has 0 saturated carbocycles. The summed E-state index contributed by atoms with van der Waals surface area (Å²) in [6.07, 6.45) is 5.00. The highest BCUT2D eigenvalue weighted by Gasteiger charge is 2.12. The molecule has 5 heteroatoms. The third-order valence-electron chi connectivity index (χ3n) is 2.16. The zero-order valence-corrected chi connectivity index (χ0v) is 9.75. The lowest BCUT2D eigenvalue weighted by Crippen LogP contribution is -1.96. The van der Waals surface area contributed by atoms with Crippen LogP contribution in [0.3, 0.4) is 0 Å². The monoisotopic (exact) mass is 234 g/mol. The van der Waals surface area contributed by atoms with Gasteiger partial charge in [-0.2, -0.15) is 0 Å². The quantitative estimate of drug-likeness (QED) is 0.748. The van der Waals surface area contributed by atoms with E-state index in [4.69, 9.17) is 0 Å². The number of ether oxygens (including phenoxy) is 1. The van der Waals surface area contributed by atoms with Crippen LogP contribution in [0.5, 0.6) is 0 Å². The van der Waals surface area contributed by atoms with E-state index in [1.807, 2.05) is 13.0 Å². The number of carbonyl (C=O) groups excluding carboxylic acids is 1. The molecule has 0 saturated heterocycles. The maximum atomic E-state index is 11.3. The first-order chi connectivity index (χ1) is 7.72. The number of pyridine rings is 1. The number of aromatic nitrogens is 2. The van der Waals surface area contributed by atoms with Crippen LogP contribution in [0.4, 0.5) is 0 Å². The van der Waals surface area contributed by atoms with Crippen LogP contribution in [0.2, 0.25) is 0 Å². The molecule has 4 nitrogen and oxygen atoms in total. The lowest BCUT2D eigenvalue weighted by molar-refractivity contribution is 0.0606. The molecule has 0 unspecified atom stereocenters. The topological polar surface area (TPSA) is 52.1 Å². The van der Waals surface area contributed by atoms with Gasteiger partial charge in [-0.15, -0.1) is 11.3 Å². The number of hydrogen-bond donors (Lipinski definition) is 0. The van der Waals surface area contributed by atoms with Crippen molar-refractivity contribution in [1.29, 1.82) is 0 Å². The Balaban J connectivity index is 2.39. The zero-order valence-electron chi connectivity index (χ0n) is 8.93. The van der Waals surface area contributed by atoms with Crippen LogP contribution in [0, 0.1) is 6.92 Å². The van der Waals surface area contributed by atoms with Gasteiger partial charge in [0.05, 0.1) is 13.3 Å². The van der Waals surface area contributed by atoms with Gasteiger partial charge >= 0.3 is 5.97 Å². The van der Waals surface area contributed by atoms with Gasteiger partial charge in [0.15, 0.2) is 0 Å². The second-order valence-corrected chi connectivity index (χ2v) is 4.24. The standard InChI is InChI=1S/C11H10N2O2S/c1-7-3-4-12-5-8(7)10-13-6-9(16-10)11(14)15-2/h3-6H,1-2H3. The van der Waals surface area contributed by atoms with Crippen molar-refractivity contribution in [2.24, 2.45) is 0 Å². The Hall–Kier alpha value is -1.75. The average molecular weight is 234 g/mol. The summed E-state index contributed by atoms with van der Waals surface area (Å²) in [4.78, 5) is 20.0. The SMILES string of the molecule is COC(=O)c1cnc(-c2cnccc2C)s1. The number of methoxy groups -OCH3 is 1. The summed E-state index contributed by atoms with van der Waals surface area (Å²) in [6.45, 7) is 1.98. The van der Waals surface area contributed by atoms with Gasteiger partial charge in [-0.25, -0.2) is 9.78 Å². The van der Waals surface area contributed by atoms with E-state index in [1.54, 1.807) is 12.4 Å². The normalized spacial score (nSPS) is 10.1. The Labute approximate surface area is 96.9 Å². The highest BCUT2D eigenvalue weighted by Crippen LogP contribution is 2.27. The fourth-order valence-corrected chi connectivity index (χ4v) is 2.19. The lowest BCUT2D eigenvalue weighted by atomic mass is 10.2. The first-order valence-corrected chi connectivity index (χ1v) is 5.49. The Bertz CT molecular complexity index is 522. The summed E-state index contributed by atoms with van der Waals surface area (Å²) in [5, 5.41) is 0.783. The van der Waals surface area contributed by atoms with Gasteiger partial charge in [0.1, 0.15) is 9.88 Å². The number of aryl methyl sites for hydroxylation is 1. The molecule has 0 aliphatic carbocycles. The molecule has 0 amide bonds. The molecule has 2 aromatic heterocycles. The summed E-state index contributed by atoms with van der Waals surface area (Å²) >= 11 is 1.31. The predicted molar refractivity (Wildman–Crippen MR) is 61.4 cm³/mol. The number of esters is 1. The highest BCUT2D eigenvalue weighted by molar-refractivity contribution is 7.16. The largest absolute Gasteiger partial charge is 0.465 e. The van der Waals surface area contributed by atoms with Gasteiger partial charge in [-0.05, 0) is 18.6 Å². The summed E-state index contributed by atoms with van der Waals surface area (Å²) in [6, 6.07) is 1.91. The summed E-state index contributed by atoms with van der Waals surface area (Å²) < 4.78 is 4.63. The molecule has 0 spiro atoms. The Morgan fingerprint density at radius 1 is 1.44 bits per heavy atom. The molecular formula is C11H10N2O2S. The van der Waals surface area contributed by atoms with Crippen molar-refractivity contribution in [2.45, 2.75) is 6.92 Å². The molecule has 2 aromatic rings. The van der Waals surface area contributed by atoms with Crippen LogP contribution in [-0.4, -0.2) is 23.0 Å². The van der Waals surface area contributed by atoms with E-state index in [1.165, 1.54) is 24.6 Å². The summed E-state index contributed by atoms with van der Waals surface area (Å²) in [5.41, 5.74) is 2.03. The minimum Gasteiger partial charge on any atom is -0.465 e. The van der Waals surface area contributed by atoms with E-state index in [0.29, 0.717) is 4.88 Å². The van der Waals surface area contributed by atoms with Gasteiger partial charge in [0.25, 0.3) is 0 Å². The van der Waals surface area contributed by atoms with Crippen LogP contribution < -0.4 is 0 Å². The average Bonchev–Trinajstić information content (AvgIpc) is 2.78. The number of hydrogen-bond acceptors (Lipinski definition) is 5. The van der Waals surface area contributed by atoms with Gasteiger partial charge in [0, 0.05) is 18.0 Å². The molecule has 0 bridgehead atoms. The number of nitrogens with zero attached hydrogens (tertiary/aromatic N) is 2. The molecule has 2 heterocycles. The third kappa shape index (κ3) is 1.94. The predicted octanol–water partition coefficient (Wildman–Crippen LogP) is 2.30. The maximum absolute atomic E-state index is 11.3. The van der Waals surface area contributed by atoms with Gasteiger partial charge in [-0.1, -0.05) is 0 Å². The maximum Gasteiger partial charge on any atom is 0.349 e. The van der Waals surface area contributed by atoms with Gasteiger partial charge < -0.3 is 4.74 Å². The smallest absolute Gasteiger partial charge is 0.349 e. The Morgan fingerprint density at radius 3 is 2.94 bits per heavy atom. The molecule has 16 heavy (non-hydrogen) atoms. The van der Waals surface area contributed by atoms with Gasteiger partial charge in [-0.3, -0.25) is 4.98 Å². The minimum absolute atomic E-state index is 0.356. The molecule has 0 fully saturated rings. The van der Waals surface area contributed by atoms with E-state index in [0.717, 1.165) is 16.1 Å². The van der Waals surface area contributed by atoms with Crippen molar-refractivity contribution >= 4 is 17.3 Å². The molecule has 0 aliphatic heterocycles. The zero-order chi connectivity index (χ0) is 11.5. The van der Waals surface area contributed by atoms with E-state index < -0.39 is 0 Å². The van der Waals surface area contributed by atoms with Crippen molar-refractivity contribution in [3.8, 4) is 10.6 Å². The van der Waals surface area contributed by atoms with E-state index in [2.05, 4.69) is 14.7 Å². The van der Waals surface area contributed by atoms with Crippen LogP contribution in [0.25, 0.3) is 10.6 Å². The first-order valence-electron chi connectivity index (χ1n) is 4.67. The van der Waals surface area contributed by atoms with Crippen LogP contribution in [0.15, 0.2) is 24.7 Å². The molecule has 0 aliphatic rings. The summed E-state index contributed by atoms with van der Waals surface area (Å²) in [5.74, 6) is -0.356. The molecule has 0 aromatic carbocycles. The fraction of sp³-hybridized carbons (Fsp3) is 0.182. The van der Waals surface area contributed by atoms with E-state index in [-0.39, 0.29) is 5.97 Å². The van der Waals surface area contributed by atoms with Crippen molar-refractivity contribution in [1.82, 2.24) is 9.97 Å². The second kappa shape index (κ2) is 4.40. The molecule has 0 radical (unpaired) electrons. The van der Waals surface area contributed by atoms with E-state index >= 15 is 0 Å². The Kier molecular flexibility index (Phi) is 2.96. The summed E-state index contributed by atoms with van der Waals surface area (Å²) in [7, 11) is 1.36. The molecular weight excluding hydrogens is 224 g/mol.